The molecule has 1 saturated heterocycles. The minimum Gasteiger partial charge on any atom is -0.332 e. The lowest BCUT2D eigenvalue weighted by molar-refractivity contribution is 0.127. The summed E-state index contributed by atoms with van der Waals surface area (Å²) >= 11 is 0. The standard InChI is InChI=1S/C17H28N4O2/c1-16(2,3)10-12-8-9-21(17(12,4)5)15(23)18-11-13-6-7-14(22)20-19-13/h6-7,12H,8-11H2,1-5H3,(H,18,23)(H,20,22). The third kappa shape index (κ3) is 4.33. The lowest BCUT2D eigenvalue weighted by atomic mass is 9.76. The van der Waals surface area contributed by atoms with Gasteiger partial charge in [-0.15, -0.1) is 0 Å². The number of carbonyl (C=O) groups is 1. The predicted molar refractivity (Wildman–Crippen MR) is 90.1 cm³/mol. The van der Waals surface area contributed by atoms with Gasteiger partial charge in [0.25, 0.3) is 5.56 Å². The molecule has 1 aliphatic rings. The van der Waals surface area contributed by atoms with E-state index >= 15 is 0 Å². The first-order valence-electron chi connectivity index (χ1n) is 8.20. The van der Waals surface area contributed by atoms with Gasteiger partial charge in [-0.2, -0.15) is 5.10 Å². The van der Waals surface area contributed by atoms with Crippen LogP contribution in [0.5, 0.6) is 0 Å². The molecule has 1 fully saturated rings. The highest BCUT2D eigenvalue weighted by Crippen LogP contribution is 2.41. The molecule has 0 radical (unpaired) electrons. The second-order valence-corrected chi connectivity index (χ2v) is 8.13. The van der Waals surface area contributed by atoms with E-state index in [1.54, 1.807) is 6.07 Å². The van der Waals surface area contributed by atoms with E-state index in [0.29, 0.717) is 18.2 Å². The van der Waals surface area contributed by atoms with Crippen molar-refractivity contribution in [3.63, 3.8) is 0 Å². The summed E-state index contributed by atoms with van der Waals surface area (Å²) in [5, 5.41) is 9.18. The topological polar surface area (TPSA) is 78.1 Å². The SMILES string of the molecule is CC(C)(C)CC1CCN(C(=O)NCc2ccc(=O)[nH]n2)C1(C)C. The summed E-state index contributed by atoms with van der Waals surface area (Å²) < 4.78 is 0. The first-order valence-corrected chi connectivity index (χ1v) is 8.20. The molecule has 1 aromatic heterocycles. The van der Waals surface area contributed by atoms with Crippen LogP contribution in [0.1, 0.15) is 53.2 Å². The number of rotatable bonds is 3. The molecule has 0 spiro atoms. The van der Waals surface area contributed by atoms with E-state index in [9.17, 15) is 9.59 Å². The molecule has 0 aliphatic carbocycles. The van der Waals surface area contributed by atoms with Crippen molar-refractivity contribution < 1.29 is 4.79 Å². The Morgan fingerprint density at radius 1 is 1.43 bits per heavy atom. The van der Waals surface area contributed by atoms with Crippen molar-refractivity contribution in [3.8, 4) is 0 Å². The number of urea groups is 1. The number of likely N-dealkylation sites (tertiary alicyclic amines) is 1. The summed E-state index contributed by atoms with van der Waals surface area (Å²) in [5.41, 5.74) is 0.497. The molecule has 6 nitrogen and oxygen atoms in total. The largest absolute Gasteiger partial charge is 0.332 e. The van der Waals surface area contributed by atoms with E-state index in [1.807, 2.05) is 4.90 Å². The summed E-state index contributed by atoms with van der Waals surface area (Å²) in [6.07, 6.45) is 2.14. The molecular formula is C17H28N4O2. The molecule has 0 saturated carbocycles. The van der Waals surface area contributed by atoms with Gasteiger partial charge in [-0.3, -0.25) is 4.79 Å². The lowest BCUT2D eigenvalue weighted by Gasteiger charge is -2.38. The minimum atomic E-state index is -0.245. The van der Waals surface area contributed by atoms with E-state index in [-0.39, 0.29) is 22.5 Å². The zero-order chi connectivity index (χ0) is 17.3. The number of hydrogen-bond donors (Lipinski definition) is 2. The van der Waals surface area contributed by atoms with Crippen LogP contribution in [-0.4, -0.2) is 33.2 Å². The summed E-state index contributed by atoms with van der Waals surface area (Å²) in [6, 6.07) is 2.96. The van der Waals surface area contributed by atoms with Crippen LogP contribution >= 0.6 is 0 Å². The fourth-order valence-corrected chi connectivity index (χ4v) is 3.33. The van der Waals surface area contributed by atoms with Gasteiger partial charge in [-0.05, 0) is 44.1 Å². The fourth-order valence-electron chi connectivity index (χ4n) is 3.33. The summed E-state index contributed by atoms with van der Waals surface area (Å²) in [5.74, 6) is 0.499. The zero-order valence-electron chi connectivity index (χ0n) is 14.8. The average Bonchev–Trinajstić information content (AvgIpc) is 2.71. The molecule has 2 heterocycles. The lowest BCUT2D eigenvalue weighted by Crippen LogP contribution is -2.50. The quantitative estimate of drug-likeness (QED) is 0.898. The van der Waals surface area contributed by atoms with E-state index < -0.39 is 0 Å². The number of nitrogens with zero attached hydrogens (tertiary/aromatic N) is 2. The first-order chi connectivity index (χ1) is 10.6. The maximum Gasteiger partial charge on any atom is 0.318 e. The number of hydrogen-bond acceptors (Lipinski definition) is 3. The van der Waals surface area contributed by atoms with Crippen LogP contribution in [-0.2, 0) is 6.54 Å². The maximum absolute atomic E-state index is 12.5. The first kappa shape index (κ1) is 17.5. The molecule has 1 atom stereocenters. The molecule has 2 amide bonds. The number of aromatic nitrogens is 2. The van der Waals surface area contributed by atoms with Crippen LogP contribution in [0.15, 0.2) is 16.9 Å². The molecule has 2 N–H and O–H groups in total. The average molecular weight is 320 g/mol. The van der Waals surface area contributed by atoms with E-state index in [2.05, 4.69) is 50.1 Å². The van der Waals surface area contributed by atoms with Crippen LogP contribution in [0.4, 0.5) is 4.79 Å². The van der Waals surface area contributed by atoms with E-state index in [0.717, 1.165) is 19.4 Å². The predicted octanol–water partition coefficient (Wildman–Crippen LogP) is 2.52. The minimum absolute atomic E-state index is 0.0700. The van der Waals surface area contributed by atoms with Crippen molar-refractivity contribution in [2.45, 2.75) is 59.5 Å². The van der Waals surface area contributed by atoms with Gasteiger partial charge in [0.2, 0.25) is 0 Å². The smallest absolute Gasteiger partial charge is 0.318 e. The van der Waals surface area contributed by atoms with Crippen molar-refractivity contribution >= 4 is 6.03 Å². The monoisotopic (exact) mass is 320 g/mol. The van der Waals surface area contributed by atoms with Crippen LogP contribution in [0, 0.1) is 11.3 Å². The Bertz CT molecular complexity index is 595. The number of H-pyrrole nitrogens is 1. The Hall–Kier alpha value is -1.85. The highest BCUT2D eigenvalue weighted by Gasteiger charge is 2.44. The molecule has 23 heavy (non-hydrogen) atoms. The number of nitrogens with one attached hydrogen (secondary N) is 2. The van der Waals surface area contributed by atoms with Crippen molar-refractivity contribution in [1.29, 1.82) is 0 Å². The van der Waals surface area contributed by atoms with Gasteiger partial charge in [-0.25, -0.2) is 9.89 Å². The van der Waals surface area contributed by atoms with Crippen LogP contribution in [0.2, 0.25) is 0 Å². The van der Waals surface area contributed by atoms with Gasteiger partial charge in [0.05, 0.1) is 12.2 Å². The fraction of sp³-hybridized carbons (Fsp3) is 0.706. The van der Waals surface area contributed by atoms with Gasteiger partial charge in [0.15, 0.2) is 0 Å². The number of carbonyl (C=O) groups excluding carboxylic acids is 1. The van der Waals surface area contributed by atoms with Crippen molar-refractivity contribution in [3.05, 3.63) is 28.2 Å². The molecule has 0 aromatic carbocycles. The Balaban J connectivity index is 1.97. The number of aromatic amines is 1. The van der Waals surface area contributed by atoms with Gasteiger partial charge in [0.1, 0.15) is 0 Å². The van der Waals surface area contributed by atoms with E-state index in [4.69, 9.17) is 0 Å². The van der Waals surface area contributed by atoms with Crippen LogP contribution in [0.3, 0.4) is 0 Å². The second kappa shape index (κ2) is 6.34. The molecular weight excluding hydrogens is 292 g/mol. The molecule has 6 heteroatoms. The van der Waals surface area contributed by atoms with Gasteiger partial charge in [-0.1, -0.05) is 20.8 Å². The Morgan fingerprint density at radius 2 is 2.13 bits per heavy atom. The van der Waals surface area contributed by atoms with Crippen molar-refractivity contribution in [2.75, 3.05) is 6.54 Å². The van der Waals surface area contributed by atoms with Crippen LogP contribution in [0.25, 0.3) is 0 Å². The number of amides is 2. The Morgan fingerprint density at radius 3 is 2.70 bits per heavy atom. The second-order valence-electron chi connectivity index (χ2n) is 8.13. The third-order valence-electron chi connectivity index (χ3n) is 4.66. The van der Waals surface area contributed by atoms with Gasteiger partial charge >= 0.3 is 6.03 Å². The van der Waals surface area contributed by atoms with Crippen LogP contribution < -0.4 is 10.9 Å². The van der Waals surface area contributed by atoms with Crippen molar-refractivity contribution in [1.82, 2.24) is 20.4 Å². The highest BCUT2D eigenvalue weighted by atomic mass is 16.2. The summed E-state index contributed by atoms with van der Waals surface area (Å²) in [7, 11) is 0. The Kier molecular flexibility index (Phi) is 4.82. The normalized spacial score (nSPS) is 20.6. The third-order valence-corrected chi connectivity index (χ3v) is 4.66. The molecule has 2 rings (SSSR count). The maximum atomic E-state index is 12.5. The molecule has 1 unspecified atom stereocenters. The zero-order valence-corrected chi connectivity index (χ0v) is 14.8. The molecule has 0 bridgehead atoms. The highest BCUT2D eigenvalue weighted by molar-refractivity contribution is 5.75. The van der Waals surface area contributed by atoms with E-state index in [1.165, 1.54) is 6.07 Å². The van der Waals surface area contributed by atoms with Gasteiger partial charge < -0.3 is 10.2 Å². The Labute approximate surface area is 137 Å². The van der Waals surface area contributed by atoms with Crippen molar-refractivity contribution in [2.24, 2.45) is 11.3 Å². The molecule has 1 aliphatic heterocycles. The molecule has 128 valence electrons. The summed E-state index contributed by atoms with van der Waals surface area (Å²) in [6.45, 7) is 12.1. The summed E-state index contributed by atoms with van der Waals surface area (Å²) in [4.78, 5) is 25.4. The molecule has 1 aromatic rings. The van der Waals surface area contributed by atoms with Gasteiger partial charge in [0, 0.05) is 18.2 Å².